The van der Waals surface area contributed by atoms with Gasteiger partial charge in [-0.15, -0.1) is 0 Å². The first-order valence-corrected chi connectivity index (χ1v) is 8.62. The Balaban J connectivity index is 2.26. The maximum Gasteiger partial charge on any atom is 0.241 e. The number of aryl methyl sites for hydroxylation is 1. The molecule has 0 aliphatic heterocycles. The number of rotatable bonds is 3. The molecule has 6 heteroatoms. The quantitative estimate of drug-likeness (QED) is 0.917. The average Bonchev–Trinajstić information content (AvgIpc) is 2.34. The molecule has 1 aromatic carbocycles. The lowest BCUT2D eigenvalue weighted by atomic mass is 9.96. The summed E-state index contributed by atoms with van der Waals surface area (Å²) in [6.45, 7) is 1.72. The van der Waals surface area contributed by atoms with Gasteiger partial charge in [-0.2, -0.15) is 0 Å². The van der Waals surface area contributed by atoms with E-state index in [0.717, 1.165) is 25.7 Å². The van der Waals surface area contributed by atoms with E-state index in [1.165, 1.54) is 12.5 Å². The molecule has 0 atom stereocenters. The van der Waals surface area contributed by atoms with Crippen LogP contribution in [0.2, 0.25) is 10.0 Å². The summed E-state index contributed by atoms with van der Waals surface area (Å²) in [5.74, 6) is 0. The SMILES string of the molecule is Cc1cc(Cl)c(Cl)cc1S(=O)(=O)NC1CCCCC1. The molecule has 0 spiro atoms. The van der Waals surface area contributed by atoms with Gasteiger partial charge in [0, 0.05) is 6.04 Å². The summed E-state index contributed by atoms with van der Waals surface area (Å²) in [5, 5.41) is 0.632. The molecule has 1 N–H and O–H groups in total. The highest BCUT2D eigenvalue weighted by atomic mass is 35.5. The minimum absolute atomic E-state index is 0.0348. The van der Waals surface area contributed by atoms with Gasteiger partial charge < -0.3 is 0 Å². The number of hydrogen-bond acceptors (Lipinski definition) is 2. The minimum atomic E-state index is -3.52. The highest BCUT2D eigenvalue weighted by molar-refractivity contribution is 7.89. The predicted molar refractivity (Wildman–Crippen MR) is 78.4 cm³/mol. The fourth-order valence-corrected chi connectivity index (χ4v) is 4.42. The van der Waals surface area contributed by atoms with Crippen LogP contribution in [-0.2, 0) is 10.0 Å². The van der Waals surface area contributed by atoms with Crippen molar-refractivity contribution in [2.45, 2.75) is 50.0 Å². The van der Waals surface area contributed by atoms with Crippen LogP contribution < -0.4 is 4.72 Å². The summed E-state index contributed by atoms with van der Waals surface area (Å²) in [4.78, 5) is 0.215. The Bertz CT molecular complexity index is 566. The van der Waals surface area contributed by atoms with Gasteiger partial charge in [-0.3, -0.25) is 0 Å². The molecular formula is C13H17Cl2NO2S. The van der Waals surface area contributed by atoms with Crippen molar-refractivity contribution in [2.24, 2.45) is 0 Å². The lowest BCUT2D eigenvalue weighted by Crippen LogP contribution is -2.36. The van der Waals surface area contributed by atoms with Crippen molar-refractivity contribution in [3.63, 3.8) is 0 Å². The Morgan fingerprint density at radius 3 is 2.32 bits per heavy atom. The fourth-order valence-electron chi connectivity index (χ4n) is 2.42. The van der Waals surface area contributed by atoms with Crippen molar-refractivity contribution < 1.29 is 8.42 Å². The van der Waals surface area contributed by atoms with Crippen molar-refractivity contribution in [3.8, 4) is 0 Å². The third-order valence-corrected chi connectivity index (χ3v) is 5.82. The van der Waals surface area contributed by atoms with Crippen molar-refractivity contribution in [2.75, 3.05) is 0 Å². The van der Waals surface area contributed by atoms with E-state index in [-0.39, 0.29) is 16.0 Å². The maximum absolute atomic E-state index is 12.4. The highest BCUT2D eigenvalue weighted by Crippen LogP contribution is 2.29. The van der Waals surface area contributed by atoms with Gasteiger partial charge in [0.15, 0.2) is 0 Å². The number of nitrogens with one attached hydrogen (secondary N) is 1. The molecule has 0 saturated heterocycles. The first-order chi connectivity index (χ1) is 8.90. The van der Waals surface area contributed by atoms with Crippen LogP contribution in [0.1, 0.15) is 37.7 Å². The van der Waals surface area contributed by atoms with E-state index >= 15 is 0 Å². The zero-order valence-corrected chi connectivity index (χ0v) is 13.1. The van der Waals surface area contributed by atoms with E-state index in [2.05, 4.69) is 4.72 Å². The molecule has 1 aliphatic rings. The average molecular weight is 322 g/mol. The third-order valence-electron chi connectivity index (χ3n) is 3.43. The van der Waals surface area contributed by atoms with Gasteiger partial charge in [-0.25, -0.2) is 13.1 Å². The molecular weight excluding hydrogens is 305 g/mol. The van der Waals surface area contributed by atoms with Gasteiger partial charge in [0.25, 0.3) is 0 Å². The molecule has 1 aliphatic carbocycles. The van der Waals surface area contributed by atoms with Crippen LogP contribution in [0.25, 0.3) is 0 Å². The lowest BCUT2D eigenvalue weighted by Gasteiger charge is -2.23. The molecule has 0 unspecified atom stereocenters. The smallest absolute Gasteiger partial charge is 0.208 e. The summed E-state index contributed by atoms with van der Waals surface area (Å²) in [6.07, 6.45) is 5.14. The molecule has 106 valence electrons. The number of hydrogen-bond donors (Lipinski definition) is 1. The van der Waals surface area contributed by atoms with E-state index in [9.17, 15) is 8.42 Å². The standard InChI is InChI=1S/C13H17Cl2NO2S/c1-9-7-11(14)12(15)8-13(9)19(17,18)16-10-5-3-2-4-6-10/h7-8,10,16H,2-6H2,1H3. The van der Waals surface area contributed by atoms with Crippen molar-refractivity contribution in [1.82, 2.24) is 4.72 Å². The van der Waals surface area contributed by atoms with E-state index in [0.29, 0.717) is 10.6 Å². The van der Waals surface area contributed by atoms with Gasteiger partial charge >= 0.3 is 0 Å². The van der Waals surface area contributed by atoms with Gasteiger partial charge in [-0.05, 0) is 37.5 Å². The summed E-state index contributed by atoms with van der Waals surface area (Å²) in [6, 6.07) is 3.04. The second-order valence-corrected chi connectivity index (χ2v) is 7.48. The molecule has 0 heterocycles. The summed E-state index contributed by atoms with van der Waals surface area (Å²) in [5.41, 5.74) is 0.609. The van der Waals surface area contributed by atoms with Gasteiger partial charge in [0.05, 0.1) is 14.9 Å². The van der Waals surface area contributed by atoms with Crippen molar-refractivity contribution in [1.29, 1.82) is 0 Å². The Morgan fingerprint density at radius 1 is 1.11 bits per heavy atom. The number of sulfonamides is 1. The fraction of sp³-hybridized carbons (Fsp3) is 0.538. The summed E-state index contributed by atoms with van der Waals surface area (Å²) >= 11 is 11.8. The Morgan fingerprint density at radius 2 is 1.68 bits per heavy atom. The molecule has 2 rings (SSSR count). The summed E-state index contributed by atoms with van der Waals surface area (Å²) in [7, 11) is -3.52. The van der Waals surface area contributed by atoms with Crippen LogP contribution >= 0.6 is 23.2 Å². The van der Waals surface area contributed by atoms with Gasteiger partial charge in [0.1, 0.15) is 0 Å². The first kappa shape index (κ1) is 15.1. The third kappa shape index (κ3) is 3.63. The Kier molecular flexibility index (Phi) is 4.77. The largest absolute Gasteiger partial charge is 0.241 e. The van der Waals surface area contributed by atoms with Crippen molar-refractivity contribution >= 4 is 33.2 Å². The summed E-state index contributed by atoms with van der Waals surface area (Å²) < 4.78 is 27.5. The highest BCUT2D eigenvalue weighted by Gasteiger charge is 2.24. The Hall–Kier alpha value is -0.290. The maximum atomic E-state index is 12.4. The van der Waals surface area contributed by atoms with E-state index in [1.807, 2.05) is 0 Å². The van der Waals surface area contributed by atoms with Gasteiger partial charge in [-0.1, -0.05) is 42.5 Å². The second-order valence-electron chi connectivity index (χ2n) is 4.99. The number of halogens is 2. The minimum Gasteiger partial charge on any atom is -0.208 e. The molecule has 0 amide bonds. The normalized spacial score (nSPS) is 17.6. The zero-order chi connectivity index (χ0) is 14.0. The van der Waals surface area contributed by atoms with E-state index in [1.54, 1.807) is 13.0 Å². The van der Waals surface area contributed by atoms with Crippen LogP contribution in [0.3, 0.4) is 0 Å². The first-order valence-electron chi connectivity index (χ1n) is 6.38. The van der Waals surface area contributed by atoms with E-state index < -0.39 is 10.0 Å². The molecule has 1 fully saturated rings. The van der Waals surface area contributed by atoms with Crippen LogP contribution in [0.15, 0.2) is 17.0 Å². The molecule has 0 radical (unpaired) electrons. The molecule has 0 aromatic heterocycles. The Labute approximate surface area is 124 Å². The zero-order valence-electron chi connectivity index (χ0n) is 10.7. The molecule has 1 saturated carbocycles. The monoisotopic (exact) mass is 321 g/mol. The lowest BCUT2D eigenvalue weighted by molar-refractivity contribution is 0.412. The molecule has 3 nitrogen and oxygen atoms in total. The van der Waals surface area contributed by atoms with E-state index in [4.69, 9.17) is 23.2 Å². The van der Waals surface area contributed by atoms with Crippen LogP contribution in [-0.4, -0.2) is 14.5 Å². The van der Waals surface area contributed by atoms with Crippen LogP contribution in [0.4, 0.5) is 0 Å². The predicted octanol–water partition coefficient (Wildman–Crippen LogP) is 3.91. The molecule has 1 aromatic rings. The van der Waals surface area contributed by atoms with Gasteiger partial charge in [0.2, 0.25) is 10.0 Å². The van der Waals surface area contributed by atoms with Crippen LogP contribution in [0.5, 0.6) is 0 Å². The molecule has 19 heavy (non-hydrogen) atoms. The van der Waals surface area contributed by atoms with Crippen LogP contribution in [0, 0.1) is 6.92 Å². The number of benzene rings is 1. The molecule has 0 bridgehead atoms. The van der Waals surface area contributed by atoms with Crippen molar-refractivity contribution in [3.05, 3.63) is 27.7 Å². The topological polar surface area (TPSA) is 46.2 Å². The second kappa shape index (κ2) is 6.00.